The molecule has 0 aromatic rings. The zero-order chi connectivity index (χ0) is 8.73. The monoisotopic (exact) mass is 182 g/mol. The first-order valence-corrected chi connectivity index (χ1v) is 5.03. The first kappa shape index (κ1) is 7.79. The standard InChI is InChI=1S/C9H16N3O/c1-3-12(4-2-10-1)9-7-13-6-8(9)5-11-12/h5,9-11H,1-4,6-7H2/q+1. The number of hydrogen-bond donors (Lipinski definition) is 2. The molecule has 4 heteroatoms. The average Bonchev–Trinajstić information content (AvgIpc) is 2.73. The predicted octanol–water partition coefficient (Wildman–Crippen LogP) is -0.793. The zero-order valence-electron chi connectivity index (χ0n) is 7.75. The fourth-order valence-corrected chi connectivity index (χ4v) is 2.63. The van der Waals surface area contributed by atoms with E-state index in [1.807, 2.05) is 0 Å². The second-order valence-corrected chi connectivity index (χ2v) is 4.11. The van der Waals surface area contributed by atoms with Crippen molar-refractivity contribution in [3.63, 3.8) is 0 Å². The first-order valence-electron chi connectivity index (χ1n) is 5.03. The summed E-state index contributed by atoms with van der Waals surface area (Å²) in [7, 11) is 0. The van der Waals surface area contributed by atoms with E-state index < -0.39 is 0 Å². The highest BCUT2D eigenvalue weighted by Crippen LogP contribution is 2.28. The maximum atomic E-state index is 5.49. The van der Waals surface area contributed by atoms with Crippen molar-refractivity contribution < 1.29 is 9.33 Å². The Morgan fingerprint density at radius 2 is 2.23 bits per heavy atom. The lowest BCUT2D eigenvalue weighted by atomic mass is 10.1. The Morgan fingerprint density at radius 1 is 1.38 bits per heavy atom. The number of nitrogens with zero attached hydrogens (tertiary/aromatic N) is 1. The molecule has 0 amide bonds. The normalized spacial score (nSPS) is 35.7. The van der Waals surface area contributed by atoms with E-state index in [9.17, 15) is 0 Å². The fraction of sp³-hybridized carbons (Fsp3) is 0.778. The molecule has 1 atom stereocenters. The number of rotatable bonds is 0. The molecule has 3 heterocycles. The van der Waals surface area contributed by atoms with Crippen LogP contribution in [0, 0.1) is 0 Å². The Balaban J connectivity index is 1.85. The van der Waals surface area contributed by atoms with Gasteiger partial charge in [0.1, 0.15) is 19.7 Å². The highest BCUT2D eigenvalue weighted by atomic mass is 16.5. The molecular formula is C9H16N3O+. The lowest BCUT2D eigenvalue weighted by molar-refractivity contribution is -0.976. The summed E-state index contributed by atoms with van der Waals surface area (Å²) in [6, 6.07) is 0.599. The van der Waals surface area contributed by atoms with Gasteiger partial charge in [-0.05, 0) is 0 Å². The largest absolute Gasteiger partial charge is 0.370 e. The zero-order valence-corrected chi connectivity index (χ0v) is 7.75. The molecule has 1 unspecified atom stereocenters. The van der Waals surface area contributed by atoms with E-state index in [-0.39, 0.29) is 0 Å². The summed E-state index contributed by atoms with van der Waals surface area (Å²) in [6.45, 7) is 6.32. The molecule has 2 fully saturated rings. The molecule has 0 saturated carbocycles. The van der Waals surface area contributed by atoms with Crippen molar-refractivity contribution in [3.05, 3.63) is 11.8 Å². The molecule has 72 valence electrons. The second-order valence-electron chi connectivity index (χ2n) is 4.11. The molecule has 3 aliphatic heterocycles. The molecule has 0 aromatic carbocycles. The number of hydrogen-bond acceptors (Lipinski definition) is 3. The Morgan fingerprint density at radius 3 is 3.08 bits per heavy atom. The molecule has 2 N–H and O–H groups in total. The van der Waals surface area contributed by atoms with E-state index >= 15 is 0 Å². The van der Waals surface area contributed by atoms with Crippen LogP contribution in [0.15, 0.2) is 11.8 Å². The molecule has 0 aliphatic carbocycles. The minimum absolute atomic E-state index is 0.599. The summed E-state index contributed by atoms with van der Waals surface area (Å²) in [5, 5.41) is 3.40. The SMILES string of the molecule is C1=C2COCC2[N+]2(CCNCC2)N1. The molecular weight excluding hydrogens is 166 g/mol. The Labute approximate surface area is 78.1 Å². The van der Waals surface area contributed by atoms with Gasteiger partial charge in [0, 0.05) is 18.7 Å². The minimum atomic E-state index is 0.599. The second kappa shape index (κ2) is 2.70. The van der Waals surface area contributed by atoms with E-state index in [1.54, 1.807) is 0 Å². The summed E-state index contributed by atoms with van der Waals surface area (Å²) in [4.78, 5) is 0. The fourth-order valence-electron chi connectivity index (χ4n) is 2.63. The van der Waals surface area contributed by atoms with Crippen molar-refractivity contribution >= 4 is 0 Å². The maximum Gasteiger partial charge on any atom is 0.161 e. The lowest BCUT2D eigenvalue weighted by Gasteiger charge is -2.40. The predicted molar refractivity (Wildman–Crippen MR) is 48.7 cm³/mol. The van der Waals surface area contributed by atoms with Crippen molar-refractivity contribution in [1.29, 1.82) is 0 Å². The van der Waals surface area contributed by atoms with Crippen molar-refractivity contribution in [3.8, 4) is 0 Å². The van der Waals surface area contributed by atoms with Crippen LogP contribution in [0.4, 0.5) is 0 Å². The molecule has 0 aromatic heterocycles. The van der Waals surface area contributed by atoms with Crippen molar-refractivity contribution in [1.82, 2.24) is 10.7 Å². The summed E-state index contributed by atoms with van der Waals surface area (Å²) >= 11 is 0. The Bertz CT molecular complexity index is 245. The number of ether oxygens (including phenoxy) is 1. The molecule has 3 aliphatic rings. The molecule has 2 saturated heterocycles. The summed E-state index contributed by atoms with van der Waals surface area (Å²) in [5.41, 5.74) is 4.99. The topological polar surface area (TPSA) is 33.3 Å². The van der Waals surface area contributed by atoms with Gasteiger partial charge in [-0.2, -0.15) is 0 Å². The lowest BCUT2D eigenvalue weighted by Crippen LogP contribution is -2.66. The Kier molecular flexibility index (Phi) is 1.62. The summed E-state index contributed by atoms with van der Waals surface area (Å²) in [5.74, 6) is 0. The van der Waals surface area contributed by atoms with Gasteiger partial charge in [0.2, 0.25) is 0 Å². The van der Waals surface area contributed by atoms with Gasteiger partial charge >= 0.3 is 0 Å². The number of piperazine rings is 1. The van der Waals surface area contributed by atoms with Crippen LogP contribution in [0.1, 0.15) is 0 Å². The van der Waals surface area contributed by atoms with E-state index in [1.165, 1.54) is 18.7 Å². The molecule has 0 radical (unpaired) electrons. The number of quaternary nitrogens is 1. The third-order valence-electron chi connectivity index (χ3n) is 3.45. The van der Waals surface area contributed by atoms with Gasteiger partial charge in [-0.3, -0.25) is 0 Å². The van der Waals surface area contributed by atoms with E-state index in [2.05, 4.69) is 16.9 Å². The van der Waals surface area contributed by atoms with Crippen LogP contribution in [0.25, 0.3) is 0 Å². The number of nitrogens with one attached hydrogen (secondary N) is 2. The van der Waals surface area contributed by atoms with Crippen molar-refractivity contribution in [2.75, 3.05) is 39.4 Å². The van der Waals surface area contributed by atoms with Crippen LogP contribution in [-0.2, 0) is 4.74 Å². The quantitative estimate of drug-likeness (QED) is 0.482. The van der Waals surface area contributed by atoms with Gasteiger partial charge in [-0.25, -0.2) is 10.0 Å². The third kappa shape index (κ3) is 1.03. The molecule has 0 bridgehead atoms. The van der Waals surface area contributed by atoms with Gasteiger partial charge < -0.3 is 10.1 Å². The van der Waals surface area contributed by atoms with Crippen molar-refractivity contribution in [2.45, 2.75) is 6.04 Å². The average molecular weight is 182 g/mol. The van der Waals surface area contributed by atoms with E-state index in [0.717, 1.165) is 30.9 Å². The van der Waals surface area contributed by atoms with Crippen LogP contribution >= 0.6 is 0 Å². The van der Waals surface area contributed by atoms with Gasteiger partial charge in [0.05, 0.1) is 12.8 Å². The highest BCUT2D eigenvalue weighted by molar-refractivity contribution is 5.14. The maximum absolute atomic E-state index is 5.49. The number of fused-ring (bicyclic) bond motifs is 2. The summed E-state index contributed by atoms with van der Waals surface area (Å²) in [6.07, 6.45) is 2.17. The van der Waals surface area contributed by atoms with Crippen LogP contribution < -0.4 is 10.7 Å². The van der Waals surface area contributed by atoms with Gasteiger partial charge in [-0.1, -0.05) is 0 Å². The summed E-state index contributed by atoms with van der Waals surface area (Å²) < 4.78 is 6.52. The van der Waals surface area contributed by atoms with Crippen LogP contribution in [0.2, 0.25) is 0 Å². The Hall–Kier alpha value is -0.580. The third-order valence-corrected chi connectivity index (χ3v) is 3.45. The van der Waals surface area contributed by atoms with Crippen LogP contribution in [0.5, 0.6) is 0 Å². The molecule has 3 rings (SSSR count). The molecule has 13 heavy (non-hydrogen) atoms. The van der Waals surface area contributed by atoms with Crippen molar-refractivity contribution in [2.24, 2.45) is 0 Å². The van der Waals surface area contributed by atoms with Gasteiger partial charge in [-0.15, -0.1) is 0 Å². The van der Waals surface area contributed by atoms with Crippen LogP contribution in [0.3, 0.4) is 0 Å². The minimum Gasteiger partial charge on any atom is -0.370 e. The molecule has 4 nitrogen and oxygen atoms in total. The van der Waals surface area contributed by atoms with Gasteiger partial charge in [0.25, 0.3) is 0 Å². The smallest absolute Gasteiger partial charge is 0.161 e. The highest BCUT2D eigenvalue weighted by Gasteiger charge is 2.47. The van der Waals surface area contributed by atoms with Gasteiger partial charge in [0.15, 0.2) is 6.04 Å². The van der Waals surface area contributed by atoms with Crippen LogP contribution in [-0.4, -0.2) is 50.0 Å². The molecule has 1 spiro atoms. The first-order chi connectivity index (χ1) is 6.41. The van der Waals surface area contributed by atoms with E-state index in [0.29, 0.717) is 6.04 Å². The van der Waals surface area contributed by atoms with E-state index in [4.69, 9.17) is 4.74 Å².